The first-order valence-electron chi connectivity index (χ1n) is 12.1. The molecule has 5 nitrogen and oxygen atoms in total. The van der Waals surface area contributed by atoms with Crippen molar-refractivity contribution in [3.8, 4) is 0 Å². The lowest BCUT2D eigenvalue weighted by molar-refractivity contribution is -0.119. The van der Waals surface area contributed by atoms with E-state index in [1.807, 2.05) is 22.8 Å². The number of carbonyl (C=O) groups is 1. The second kappa shape index (κ2) is 10.0. The summed E-state index contributed by atoms with van der Waals surface area (Å²) in [4.78, 5) is 33.4. The van der Waals surface area contributed by atoms with E-state index in [1.54, 1.807) is 11.3 Å². The number of aryl methyl sites for hydroxylation is 3. The van der Waals surface area contributed by atoms with Crippen molar-refractivity contribution in [2.75, 3.05) is 5.75 Å². The largest absolute Gasteiger partial charge is 0.353 e. The molecule has 0 bridgehead atoms. The van der Waals surface area contributed by atoms with Gasteiger partial charge in [0.15, 0.2) is 5.16 Å². The summed E-state index contributed by atoms with van der Waals surface area (Å²) in [6.45, 7) is 2.05. The number of nitrogens with one attached hydrogen (secondary N) is 1. The van der Waals surface area contributed by atoms with Crippen molar-refractivity contribution in [3.63, 3.8) is 0 Å². The minimum atomic E-state index is 0.00144. The molecule has 0 spiro atoms. The maximum Gasteiger partial charge on any atom is 0.263 e. The van der Waals surface area contributed by atoms with E-state index >= 15 is 0 Å². The SMILES string of the molecule is C[C@@H](CCc1ccccc1)NC(=O)CSc1nc2sc3c(c2c(=O)n1C1CCCC1)CCC3. The third-order valence-electron chi connectivity index (χ3n) is 6.88. The number of nitrogens with zero attached hydrogens (tertiary/aromatic N) is 2. The molecule has 1 N–H and O–H groups in total. The summed E-state index contributed by atoms with van der Waals surface area (Å²) in [6, 6.07) is 10.7. The molecule has 2 aliphatic carbocycles. The Morgan fingerprint density at radius 2 is 2.00 bits per heavy atom. The number of fused-ring (bicyclic) bond motifs is 3. The molecule has 1 amide bonds. The van der Waals surface area contributed by atoms with Gasteiger partial charge >= 0.3 is 0 Å². The minimum Gasteiger partial charge on any atom is -0.353 e. The van der Waals surface area contributed by atoms with E-state index in [0.717, 1.165) is 68.0 Å². The van der Waals surface area contributed by atoms with Crippen LogP contribution >= 0.6 is 23.1 Å². The molecule has 1 saturated carbocycles. The van der Waals surface area contributed by atoms with Crippen LogP contribution in [0.3, 0.4) is 0 Å². The van der Waals surface area contributed by atoms with Crippen LogP contribution in [0.1, 0.15) is 67.5 Å². The summed E-state index contributed by atoms with van der Waals surface area (Å²) < 4.78 is 1.93. The topological polar surface area (TPSA) is 64.0 Å². The van der Waals surface area contributed by atoms with E-state index in [9.17, 15) is 9.59 Å². The van der Waals surface area contributed by atoms with Gasteiger partial charge < -0.3 is 5.32 Å². The zero-order valence-corrected chi connectivity index (χ0v) is 20.8. The molecule has 0 saturated heterocycles. The third kappa shape index (κ3) is 4.90. The number of thioether (sulfide) groups is 1. The van der Waals surface area contributed by atoms with Crippen LogP contribution in [-0.4, -0.2) is 27.3 Å². The molecule has 0 aliphatic heterocycles. The molecule has 174 valence electrons. The third-order valence-corrected chi connectivity index (χ3v) is 9.02. The van der Waals surface area contributed by atoms with Crippen LogP contribution in [0, 0.1) is 0 Å². The lowest BCUT2D eigenvalue weighted by Gasteiger charge is -2.18. The molecule has 1 aromatic carbocycles. The summed E-state index contributed by atoms with van der Waals surface area (Å²) in [5.74, 6) is 0.285. The molecule has 2 heterocycles. The minimum absolute atomic E-state index is 0.00144. The van der Waals surface area contributed by atoms with Gasteiger partial charge in [-0.15, -0.1) is 11.3 Å². The van der Waals surface area contributed by atoms with Crippen LogP contribution < -0.4 is 10.9 Å². The summed E-state index contributed by atoms with van der Waals surface area (Å²) in [6.07, 6.45) is 9.39. The Hall–Kier alpha value is -2.12. The van der Waals surface area contributed by atoms with Gasteiger partial charge in [-0.25, -0.2) is 4.98 Å². The highest BCUT2D eigenvalue weighted by Gasteiger charge is 2.27. The van der Waals surface area contributed by atoms with E-state index in [-0.39, 0.29) is 29.3 Å². The molecule has 7 heteroatoms. The predicted octanol–water partition coefficient (Wildman–Crippen LogP) is 5.29. The molecular formula is C26H31N3O2S2. The lowest BCUT2D eigenvalue weighted by Crippen LogP contribution is -2.34. The molecular weight excluding hydrogens is 450 g/mol. The Labute approximate surface area is 203 Å². The average molecular weight is 482 g/mol. The summed E-state index contributed by atoms with van der Waals surface area (Å²) in [5.41, 5.74) is 2.64. The number of hydrogen-bond acceptors (Lipinski definition) is 5. The first-order valence-corrected chi connectivity index (χ1v) is 13.9. The normalized spacial score (nSPS) is 16.9. The Kier molecular flexibility index (Phi) is 6.88. The van der Waals surface area contributed by atoms with Crippen molar-refractivity contribution in [2.45, 2.75) is 82.0 Å². The van der Waals surface area contributed by atoms with Crippen LogP contribution in [0.4, 0.5) is 0 Å². The van der Waals surface area contributed by atoms with Crippen LogP contribution in [0.15, 0.2) is 40.3 Å². The van der Waals surface area contributed by atoms with Crippen LogP contribution in [-0.2, 0) is 24.1 Å². The van der Waals surface area contributed by atoms with Gasteiger partial charge in [0.1, 0.15) is 4.83 Å². The standard InChI is InChI=1S/C26H31N3O2S2/c1-17(14-15-18-8-3-2-4-9-18)27-22(30)16-32-26-28-24-23(20-12-7-13-21(20)33-24)25(31)29(26)19-10-5-6-11-19/h2-4,8-9,17,19H,5-7,10-16H2,1H3,(H,27,30)/t17-/m0/s1. The second-order valence-electron chi connectivity index (χ2n) is 9.33. The Morgan fingerprint density at radius 3 is 2.79 bits per heavy atom. The highest BCUT2D eigenvalue weighted by Crippen LogP contribution is 2.38. The summed E-state index contributed by atoms with van der Waals surface area (Å²) >= 11 is 3.09. The summed E-state index contributed by atoms with van der Waals surface area (Å²) in [5, 5.41) is 4.68. The van der Waals surface area contributed by atoms with E-state index in [4.69, 9.17) is 4.98 Å². The molecule has 2 aromatic heterocycles. The zero-order valence-electron chi connectivity index (χ0n) is 19.1. The number of hydrogen-bond donors (Lipinski definition) is 1. The van der Waals surface area contributed by atoms with E-state index in [1.165, 1.54) is 27.8 Å². The zero-order chi connectivity index (χ0) is 22.8. The number of benzene rings is 1. The maximum atomic E-state index is 13.6. The Morgan fingerprint density at radius 1 is 1.21 bits per heavy atom. The molecule has 5 rings (SSSR count). The number of carbonyl (C=O) groups excluding carboxylic acids is 1. The van der Waals surface area contributed by atoms with Crippen LogP contribution in [0.5, 0.6) is 0 Å². The fourth-order valence-corrected chi connectivity index (χ4v) is 7.35. The van der Waals surface area contributed by atoms with Crippen LogP contribution in [0.25, 0.3) is 10.2 Å². The van der Waals surface area contributed by atoms with E-state index in [0.29, 0.717) is 5.16 Å². The lowest BCUT2D eigenvalue weighted by atomic mass is 10.1. The highest BCUT2D eigenvalue weighted by atomic mass is 32.2. The molecule has 2 aliphatic rings. The number of aromatic nitrogens is 2. The average Bonchev–Trinajstić information content (AvgIpc) is 3.55. The van der Waals surface area contributed by atoms with Gasteiger partial charge in [-0.3, -0.25) is 14.2 Å². The Bertz CT molecular complexity index is 1200. The fourth-order valence-electron chi connectivity index (χ4n) is 5.17. The van der Waals surface area contributed by atoms with Crippen LogP contribution in [0.2, 0.25) is 0 Å². The van der Waals surface area contributed by atoms with Gasteiger partial charge in [0.05, 0.1) is 11.1 Å². The second-order valence-corrected chi connectivity index (χ2v) is 11.4. The summed E-state index contributed by atoms with van der Waals surface area (Å²) in [7, 11) is 0. The monoisotopic (exact) mass is 481 g/mol. The molecule has 0 radical (unpaired) electrons. The quantitative estimate of drug-likeness (QED) is 0.351. The van der Waals surface area contributed by atoms with Gasteiger partial charge in [0, 0.05) is 17.0 Å². The first kappa shape index (κ1) is 22.7. The van der Waals surface area contributed by atoms with Crippen molar-refractivity contribution in [1.82, 2.24) is 14.9 Å². The predicted molar refractivity (Wildman–Crippen MR) is 137 cm³/mol. The van der Waals surface area contributed by atoms with E-state index < -0.39 is 0 Å². The number of rotatable bonds is 8. The molecule has 3 aromatic rings. The first-order chi connectivity index (χ1) is 16.1. The smallest absolute Gasteiger partial charge is 0.263 e. The molecule has 0 unspecified atom stereocenters. The highest BCUT2D eigenvalue weighted by molar-refractivity contribution is 7.99. The van der Waals surface area contributed by atoms with Crippen molar-refractivity contribution >= 4 is 39.2 Å². The van der Waals surface area contributed by atoms with Crippen molar-refractivity contribution in [1.29, 1.82) is 0 Å². The van der Waals surface area contributed by atoms with Crippen molar-refractivity contribution in [3.05, 3.63) is 56.7 Å². The van der Waals surface area contributed by atoms with Gasteiger partial charge in [0.25, 0.3) is 5.56 Å². The van der Waals surface area contributed by atoms with Gasteiger partial charge in [-0.05, 0) is 63.0 Å². The van der Waals surface area contributed by atoms with Gasteiger partial charge in [-0.1, -0.05) is 54.9 Å². The molecule has 1 atom stereocenters. The molecule has 1 fully saturated rings. The van der Waals surface area contributed by atoms with Gasteiger partial charge in [-0.2, -0.15) is 0 Å². The van der Waals surface area contributed by atoms with Gasteiger partial charge in [0.2, 0.25) is 5.91 Å². The van der Waals surface area contributed by atoms with E-state index in [2.05, 4.69) is 24.4 Å². The fraction of sp³-hybridized carbons (Fsp3) is 0.500. The Balaban J connectivity index is 1.29. The molecule has 33 heavy (non-hydrogen) atoms. The van der Waals surface area contributed by atoms with Crippen molar-refractivity contribution < 1.29 is 4.79 Å². The van der Waals surface area contributed by atoms with Crippen molar-refractivity contribution in [2.24, 2.45) is 0 Å². The number of amides is 1. The number of thiophene rings is 1. The maximum absolute atomic E-state index is 13.6.